The van der Waals surface area contributed by atoms with Gasteiger partial charge in [0.2, 0.25) is 5.91 Å². The fourth-order valence-electron chi connectivity index (χ4n) is 5.42. The predicted molar refractivity (Wildman–Crippen MR) is 161 cm³/mol. The molecule has 0 spiro atoms. The quantitative estimate of drug-likeness (QED) is 0.336. The van der Waals surface area contributed by atoms with Gasteiger partial charge in [0.05, 0.1) is 32.6 Å². The molecule has 3 heterocycles. The Labute approximate surface area is 250 Å². The zero-order chi connectivity index (χ0) is 29.6. The summed E-state index contributed by atoms with van der Waals surface area (Å²) in [5.41, 5.74) is 1.26. The SMILES string of the molecule is C=C(CN1CCS(=O)(=O)CC1)C(=O)CC[C@@H](NC(=O)[C@@H](CC(C)=O)Cc1nc2ccc(Cl)cc2s1)C1CCOCC1. The molecule has 0 aliphatic carbocycles. The summed E-state index contributed by atoms with van der Waals surface area (Å²) in [6, 6.07) is 5.22. The standard InChI is InChI=1S/C29H38ClN3O6S2/c1-19(18-33-9-13-41(37,38)14-10-33)26(35)6-5-24(21-7-11-39-12-8-21)32-29(36)22(15-20(2)34)16-28-31-25-4-3-23(30)17-27(25)40-28/h3-4,17,21-22,24H,1,5-16,18H2,2H3,(H,32,36)/t22-,24+/m0/s1. The van der Waals surface area contributed by atoms with Crippen molar-refractivity contribution in [2.45, 2.75) is 51.5 Å². The van der Waals surface area contributed by atoms with Gasteiger partial charge in [-0.1, -0.05) is 18.2 Å². The lowest BCUT2D eigenvalue weighted by Crippen LogP contribution is -2.46. The van der Waals surface area contributed by atoms with Crippen molar-refractivity contribution in [1.82, 2.24) is 15.2 Å². The predicted octanol–water partition coefficient (Wildman–Crippen LogP) is 3.63. The molecule has 1 amide bonds. The third-order valence-corrected chi connectivity index (χ3v) is 10.7. The van der Waals surface area contributed by atoms with Crippen molar-refractivity contribution in [3.05, 3.63) is 40.4 Å². The molecule has 1 aromatic carbocycles. The van der Waals surface area contributed by atoms with Gasteiger partial charge in [-0.05, 0) is 50.3 Å². The van der Waals surface area contributed by atoms with Crippen molar-refractivity contribution < 1.29 is 27.5 Å². The van der Waals surface area contributed by atoms with Gasteiger partial charge >= 0.3 is 0 Å². The van der Waals surface area contributed by atoms with Gasteiger partial charge in [-0.25, -0.2) is 13.4 Å². The average molecular weight is 624 g/mol. The number of halogens is 1. The lowest BCUT2D eigenvalue weighted by atomic mass is 9.87. The molecular weight excluding hydrogens is 586 g/mol. The first kappa shape index (κ1) is 31.7. The number of hydrogen-bond acceptors (Lipinski definition) is 9. The van der Waals surface area contributed by atoms with E-state index in [0.717, 1.165) is 28.1 Å². The molecule has 1 N–H and O–H groups in total. The molecule has 224 valence electrons. The molecule has 0 unspecified atom stereocenters. The van der Waals surface area contributed by atoms with Crippen LogP contribution in [0.25, 0.3) is 10.2 Å². The highest BCUT2D eigenvalue weighted by Crippen LogP contribution is 2.28. The second-order valence-corrected chi connectivity index (χ2v) is 14.9. The molecule has 4 rings (SSSR count). The number of fused-ring (bicyclic) bond motifs is 1. The zero-order valence-electron chi connectivity index (χ0n) is 23.4. The van der Waals surface area contributed by atoms with Gasteiger partial charge in [0.15, 0.2) is 15.6 Å². The number of nitrogens with zero attached hydrogens (tertiary/aromatic N) is 2. The molecular formula is C29H38ClN3O6S2. The number of nitrogens with one attached hydrogen (secondary N) is 1. The molecule has 2 fully saturated rings. The fraction of sp³-hybridized carbons (Fsp3) is 0.586. The van der Waals surface area contributed by atoms with E-state index in [1.165, 1.54) is 18.3 Å². The van der Waals surface area contributed by atoms with Crippen LogP contribution in [-0.4, -0.2) is 86.2 Å². The fourth-order valence-corrected chi connectivity index (χ4v) is 8.02. The zero-order valence-corrected chi connectivity index (χ0v) is 25.8. The van der Waals surface area contributed by atoms with Gasteiger partial charge < -0.3 is 14.8 Å². The van der Waals surface area contributed by atoms with Gasteiger partial charge in [-0.15, -0.1) is 11.3 Å². The van der Waals surface area contributed by atoms with Crippen LogP contribution in [0.15, 0.2) is 30.4 Å². The van der Waals surface area contributed by atoms with Gasteiger partial charge in [-0.3, -0.25) is 14.5 Å². The Bertz CT molecular complexity index is 1370. The first-order valence-corrected chi connectivity index (χ1v) is 17.1. The second kappa shape index (κ2) is 14.3. The molecule has 41 heavy (non-hydrogen) atoms. The summed E-state index contributed by atoms with van der Waals surface area (Å²) in [5.74, 6) is -0.603. The number of ether oxygens (including phenoxy) is 1. The van der Waals surface area contributed by atoms with Crippen molar-refractivity contribution in [3.63, 3.8) is 0 Å². The van der Waals surface area contributed by atoms with E-state index < -0.39 is 15.8 Å². The van der Waals surface area contributed by atoms with Crippen LogP contribution in [0.5, 0.6) is 0 Å². The van der Waals surface area contributed by atoms with E-state index in [4.69, 9.17) is 16.3 Å². The van der Waals surface area contributed by atoms with Crippen LogP contribution in [0.3, 0.4) is 0 Å². The molecule has 0 saturated carbocycles. The molecule has 0 bridgehead atoms. The van der Waals surface area contributed by atoms with E-state index >= 15 is 0 Å². The monoisotopic (exact) mass is 623 g/mol. The first-order valence-electron chi connectivity index (χ1n) is 14.1. The van der Waals surface area contributed by atoms with Crippen LogP contribution >= 0.6 is 22.9 Å². The Hall–Kier alpha value is -2.18. The van der Waals surface area contributed by atoms with Crippen LogP contribution in [0.1, 0.15) is 44.0 Å². The van der Waals surface area contributed by atoms with E-state index in [9.17, 15) is 22.8 Å². The summed E-state index contributed by atoms with van der Waals surface area (Å²) in [5, 5.41) is 4.57. The minimum absolute atomic E-state index is 0.0751. The molecule has 12 heteroatoms. The molecule has 1 aromatic heterocycles. The summed E-state index contributed by atoms with van der Waals surface area (Å²) in [4.78, 5) is 45.3. The number of aromatic nitrogens is 1. The molecule has 0 radical (unpaired) electrons. The molecule has 2 atom stereocenters. The topological polar surface area (TPSA) is 123 Å². The number of hydrogen-bond donors (Lipinski definition) is 1. The lowest BCUT2D eigenvalue weighted by Gasteiger charge is -2.32. The lowest BCUT2D eigenvalue weighted by molar-refractivity contribution is -0.130. The molecule has 2 aliphatic heterocycles. The Morgan fingerprint density at radius 1 is 1.22 bits per heavy atom. The highest BCUT2D eigenvalue weighted by atomic mass is 35.5. The summed E-state index contributed by atoms with van der Waals surface area (Å²) in [6.07, 6.45) is 2.67. The van der Waals surface area contributed by atoms with Gasteiger partial charge in [-0.2, -0.15) is 0 Å². The van der Waals surface area contributed by atoms with Gasteiger partial charge in [0.25, 0.3) is 0 Å². The number of sulfone groups is 1. The van der Waals surface area contributed by atoms with E-state index in [1.807, 2.05) is 17.0 Å². The van der Waals surface area contributed by atoms with Gasteiger partial charge in [0.1, 0.15) is 5.78 Å². The van der Waals surface area contributed by atoms with Crippen molar-refractivity contribution in [3.8, 4) is 0 Å². The highest BCUT2D eigenvalue weighted by molar-refractivity contribution is 7.91. The number of Topliss-reactive ketones (excluding diaryl/α,β-unsaturated/α-hetero) is 2. The number of thiazole rings is 1. The maximum absolute atomic E-state index is 13.6. The Morgan fingerprint density at radius 2 is 1.93 bits per heavy atom. The normalized spacial score (nSPS) is 19.5. The van der Waals surface area contributed by atoms with Crippen LogP contribution in [0, 0.1) is 11.8 Å². The molecule has 9 nitrogen and oxygen atoms in total. The minimum atomic E-state index is -3.00. The van der Waals surface area contributed by atoms with Crippen LogP contribution < -0.4 is 5.32 Å². The Kier molecular flexibility index (Phi) is 11.1. The first-order chi connectivity index (χ1) is 19.5. The number of amides is 1. The van der Waals surface area contributed by atoms with Crippen LogP contribution in [0.2, 0.25) is 5.02 Å². The summed E-state index contributed by atoms with van der Waals surface area (Å²) < 4.78 is 29.9. The van der Waals surface area contributed by atoms with Crippen molar-refractivity contribution in [1.29, 1.82) is 0 Å². The molecule has 2 aromatic rings. The Balaban J connectivity index is 1.40. The van der Waals surface area contributed by atoms with Crippen LogP contribution in [0.4, 0.5) is 0 Å². The largest absolute Gasteiger partial charge is 0.381 e. The van der Waals surface area contributed by atoms with E-state index in [0.29, 0.717) is 56.3 Å². The summed E-state index contributed by atoms with van der Waals surface area (Å²) in [6.45, 7) is 7.79. The van der Waals surface area contributed by atoms with Gasteiger partial charge in [0, 0.05) is 68.7 Å². The number of carbonyl (C=O) groups is 3. The maximum atomic E-state index is 13.6. The summed E-state index contributed by atoms with van der Waals surface area (Å²) in [7, 11) is -3.00. The molecule has 2 saturated heterocycles. The summed E-state index contributed by atoms with van der Waals surface area (Å²) >= 11 is 7.59. The number of ketones is 2. The van der Waals surface area contributed by atoms with E-state index in [2.05, 4.69) is 16.9 Å². The van der Waals surface area contributed by atoms with E-state index in [1.54, 1.807) is 6.07 Å². The van der Waals surface area contributed by atoms with Crippen molar-refractivity contribution in [2.75, 3.05) is 44.4 Å². The van der Waals surface area contributed by atoms with E-state index in [-0.39, 0.29) is 53.8 Å². The third-order valence-electron chi connectivity index (χ3n) is 7.81. The smallest absolute Gasteiger partial charge is 0.224 e. The maximum Gasteiger partial charge on any atom is 0.224 e. The second-order valence-electron chi connectivity index (χ2n) is 11.1. The average Bonchev–Trinajstić information content (AvgIpc) is 3.33. The Morgan fingerprint density at radius 3 is 2.61 bits per heavy atom. The highest BCUT2D eigenvalue weighted by Gasteiger charge is 2.30. The minimum Gasteiger partial charge on any atom is -0.381 e. The molecule has 2 aliphatic rings. The van der Waals surface area contributed by atoms with Crippen LogP contribution in [-0.2, 0) is 35.4 Å². The number of carbonyl (C=O) groups excluding carboxylic acids is 3. The van der Waals surface area contributed by atoms with Crippen molar-refractivity contribution in [2.24, 2.45) is 11.8 Å². The third kappa shape index (κ3) is 9.41. The number of benzene rings is 1. The number of rotatable bonds is 13. The van der Waals surface area contributed by atoms with Crippen molar-refractivity contribution >= 4 is 60.5 Å².